The fourth-order valence-corrected chi connectivity index (χ4v) is 3.07. The summed E-state index contributed by atoms with van der Waals surface area (Å²) >= 11 is 0. The number of furan rings is 1. The number of nitrogens with zero attached hydrogens (tertiary/aromatic N) is 1. The van der Waals surface area contributed by atoms with Crippen LogP contribution in [0.1, 0.15) is 40.3 Å². The lowest BCUT2D eigenvalue weighted by Crippen LogP contribution is -2.14. The summed E-state index contributed by atoms with van der Waals surface area (Å²) in [6.45, 7) is 1.79. The summed E-state index contributed by atoms with van der Waals surface area (Å²) in [4.78, 5) is 12.7. The predicted octanol–water partition coefficient (Wildman–Crippen LogP) is 3.37. The molecule has 0 spiro atoms. The van der Waals surface area contributed by atoms with Gasteiger partial charge in [-0.25, -0.2) is 0 Å². The number of nitrogens with one attached hydrogen (secondary N) is 1. The number of rotatable bonds is 4. The molecule has 0 bridgehead atoms. The van der Waals surface area contributed by atoms with Crippen LogP contribution in [0.4, 0.5) is 5.69 Å². The Hall–Kier alpha value is -2.96. The van der Waals surface area contributed by atoms with Crippen LogP contribution in [0.25, 0.3) is 0 Å². The fraction of sp³-hybridized carbons (Fsp3) is 0.333. The quantitative estimate of drug-likeness (QED) is 0.655. The lowest BCUT2D eigenvalue weighted by molar-refractivity contribution is 0.0993. The minimum absolute atomic E-state index is 0.214. The molecule has 0 saturated heterocycles. The molecule has 0 unspecified atom stereocenters. The highest BCUT2D eigenvalue weighted by atomic mass is 16.5. The van der Waals surface area contributed by atoms with Gasteiger partial charge < -0.3 is 24.4 Å². The molecule has 25 heavy (non-hydrogen) atoms. The van der Waals surface area contributed by atoms with Crippen LogP contribution in [0, 0.1) is 6.92 Å². The van der Waals surface area contributed by atoms with Crippen LogP contribution in [0.3, 0.4) is 0 Å². The zero-order valence-corrected chi connectivity index (χ0v) is 14.4. The van der Waals surface area contributed by atoms with Crippen molar-refractivity contribution < 1.29 is 23.9 Å². The van der Waals surface area contributed by atoms with E-state index in [1.54, 1.807) is 32.2 Å². The van der Waals surface area contributed by atoms with Gasteiger partial charge in [0.2, 0.25) is 0 Å². The Morgan fingerprint density at radius 3 is 2.76 bits per heavy atom. The van der Waals surface area contributed by atoms with Crippen LogP contribution in [-0.2, 0) is 6.42 Å². The van der Waals surface area contributed by atoms with E-state index >= 15 is 0 Å². The molecule has 7 nitrogen and oxygen atoms in total. The number of benzene rings is 1. The van der Waals surface area contributed by atoms with Crippen LogP contribution in [-0.4, -0.2) is 31.0 Å². The minimum Gasteiger partial charge on any atom is -0.497 e. The minimum atomic E-state index is -0.382. The lowest BCUT2D eigenvalue weighted by Gasteiger charge is -2.11. The molecular formula is C18H20N2O5. The summed E-state index contributed by atoms with van der Waals surface area (Å²) in [5, 5.41) is 15.3. The highest BCUT2D eigenvalue weighted by Gasteiger charge is 2.28. The monoisotopic (exact) mass is 344 g/mol. The van der Waals surface area contributed by atoms with Crippen molar-refractivity contribution in [3.63, 3.8) is 0 Å². The molecule has 0 saturated carbocycles. The average Bonchev–Trinajstić information content (AvgIpc) is 2.99. The molecule has 1 heterocycles. The van der Waals surface area contributed by atoms with E-state index in [4.69, 9.17) is 13.9 Å². The number of ether oxygens (including phenoxy) is 2. The zero-order valence-electron chi connectivity index (χ0n) is 14.4. The Morgan fingerprint density at radius 2 is 2.08 bits per heavy atom. The van der Waals surface area contributed by atoms with Crippen molar-refractivity contribution in [2.45, 2.75) is 26.2 Å². The first-order valence-corrected chi connectivity index (χ1v) is 7.96. The average molecular weight is 344 g/mol. The number of carbonyl (C=O) groups excluding carboxylic acids is 1. The number of fused-ring (bicyclic) bond motifs is 1. The Bertz CT molecular complexity index is 838. The fourth-order valence-electron chi connectivity index (χ4n) is 3.07. The van der Waals surface area contributed by atoms with E-state index in [1.165, 1.54) is 7.11 Å². The number of amides is 1. The van der Waals surface area contributed by atoms with Gasteiger partial charge >= 0.3 is 0 Å². The highest BCUT2D eigenvalue weighted by molar-refractivity contribution is 6.09. The molecule has 132 valence electrons. The van der Waals surface area contributed by atoms with E-state index in [1.807, 2.05) is 0 Å². The second-order valence-electron chi connectivity index (χ2n) is 5.77. The molecule has 2 N–H and O–H groups in total. The zero-order chi connectivity index (χ0) is 18.0. The molecular weight excluding hydrogens is 324 g/mol. The second-order valence-corrected chi connectivity index (χ2v) is 5.77. The van der Waals surface area contributed by atoms with Crippen molar-refractivity contribution in [3.05, 3.63) is 40.8 Å². The largest absolute Gasteiger partial charge is 0.497 e. The van der Waals surface area contributed by atoms with Gasteiger partial charge in [0.25, 0.3) is 5.91 Å². The summed E-state index contributed by atoms with van der Waals surface area (Å²) in [5.74, 6) is 1.63. The maximum absolute atomic E-state index is 12.7. The molecule has 0 aliphatic heterocycles. The summed E-state index contributed by atoms with van der Waals surface area (Å²) in [6, 6.07) is 5.12. The first-order chi connectivity index (χ1) is 12.1. The third-order valence-electron chi connectivity index (χ3n) is 4.31. The number of aryl methyl sites for hydroxylation is 1. The molecule has 0 radical (unpaired) electrons. The normalized spacial score (nSPS) is 14.9. The number of methoxy groups -OCH3 is 2. The van der Waals surface area contributed by atoms with Gasteiger partial charge in [0, 0.05) is 23.6 Å². The first kappa shape index (κ1) is 16.9. The van der Waals surface area contributed by atoms with Crippen molar-refractivity contribution in [2.24, 2.45) is 5.16 Å². The van der Waals surface area contributed by atoms with Crippen LogP contribution in [0.2, 0.25) is 0 Å². The topological polar surface area (TPSA) is 93.3 Å². The number of hydrogen-bond donors (Lipinski definition) is 2. The Morgan fingerprint density at radius 1 is 1.28 bits per heavy atom. The van der Waals surface area contributed by atoms with Gasteiger partial charge in [-0.15, -0.1) is 0 Å². The van der Waals surface area contributed by atoms with Crippen molar-refractivity contribution in [1.29, 1.82) is 0 Å². The molecule has 1 aromatic carbocycles. The smallest absolute Gasteiger partial charge is 0.291 e. The van der Waals surface area contributed by atoms with E-state index in [9.17, 15) is 10.0 Å². The standard InChI is InChI=1S/C18H20N2O5/c1-10-16-13(20-22)5-4-6-14(16)25-17(10)18(21)19-12-8-7-11(23-2)9-15(12)24-3/h7-9,22H,4-6H2,1-3H3,(H,19,21)/b20-13+. The number of oxime groups is 1. The molecule has 0 atom stereocenters. The summed E-state index contributed by atoms with van der Waals surface area (Å²) in [7, 11) is 3.08. The molecule has 0 fully saturated rings. The van der Waals surface area contributed by atoms with E-state index < -0.39 is 0 Å². The van der Waals surface area contributed by atoms with Crippen molar-refractivity contribution in [2.75, 3.05) is 19.5 Å². The molecule has 1 amide bonds. The van der Waals surface area contributed by atoms with Gasteiger partial charge in [0.15, 0.2) is 5.76 Å². The van der Waals surface area contributed by atoms with Gasteiger partial charge in [0.1, 0.15) is 17.3 Å². The molecule has 1 aromatic heterocycles. The van der Waals surface area contributed by atoms with Gasteiger partial charge in [-0.05, 0) is 31.9 Å². The number of hydrogen-bond acceptors (Lipinski definition) is 6. The van der Waals surface area contributed by atoms with E-state index in [-0.39, 0.29) is 11.7 Å². The molecule has 7 heteroatoms. The maximum atomic E-state index is 12.7. The highest BCUT2D eigenvalue weighted by Crippen LogP contribution is 2.32. The van der Waals surface area contributed by atoms with Gasteiger partial charge in [-0.3, -0.25) is 4.79 Å². The van der Waals surface area contributed by atoms with Gasteiger partial charge in [-0.2, -0.15) is 0 Å². The third kappa shape index (κ3) is 3.05. The lowest BCUT2D eigenvalue weighted by atomic mass is 9.93. The number of carbonyl (C=O) groups is 1. The summed E-state index contributed by atoms with van der Waals surface area (Å²) in [5.41, 5.74) is 2.48. The molecule has 3 rings (SSSR count). The van der Waals surface area contributed by atoms with Crippen LogP contribution in [0.15, 0.2) is 27.8 Å². The van der Waals surface area contributed by atoms with Crippen molar-refractivity contribution in [1.82, 2.24) is 0 Å². The van der Waals surface area contributed by atoms with Crippen molar-refractivity contribution >= 4 is 17.3 Å². The van der Waals surface area contributed by atoms with Crippen LogP contribution >= 0.6 is 0 Å². The summed E-state index contributed by atoms with van der Waals surface area (Å²) < 4.78 is 16.2. The SMILES string of the molecule is COc1ccc(NC(=O)c2oc3c(c2C)/C(=N/O)CCC3)c(OC)c1. The number of anilines is 1. The Labute approximate surface area is 145 Å². The predicted molar refractivity (Wildman–Crippen MR) is 92.2 cm³/mol. The first-order valence-electron chi connectivity index (χ1n) is 7.96. The van der Waals surface area contributed by atoms with Crippen molar-refractivity contribution in [3.8, 4) is 11.5 Å². The van der Waals surface area contributed by atoms with Crippen LogP contribution < -0.4 is 14.8 Å². The molecule has 1 aliphatic rings. The van der Waals surface area contributed by atoms with Crippen LogP contribution in [0.5, 0.6) is 11.5 Å². The molecule has 2 aromatic rings. The van der Waals surface area contributed by atoms with E-state index in [2.05, 4.69) is 10.5 Å². The summed E-state index contributed by atoms with van der Waals surface area (Å²) in [6.07, 6.45) is 2.21. The Kier molecular flexibility index (Phi) is 4.65. The molecule has 1 aliphatic carbocycles. The third-order valence-corrected chi connectivity index (χ3v) is 4.31. The van der Waals surface area contributed by atoms with Gasteiger partial charge in [-0.1, -0.05) is 5.16 Å². The second kappa shape index (κ2) is 6.88. The van der Waals surface area contributed by atoms with E-state index in [0.29, 0.717) is 47.1 Å². The van der Waals surface area contributed by atoms with Gasteiger partial charge in [0.05, 0.1) is 25.6 Å². The van der Waals surface area contributed by atoms with E-state index in [0.717, 1.165) is 12.0 Å². The maximum Gasteiger partial charge on any atom is 0.291 e. The Balaban J connectivity index is 1.92.